The minimum atomic E-state index is -3.51. The number of anilines is 1. The Balaban J connectivity index is 1.46. The van der Waals surface area contributed by atoms with Gasteiger partial charge in [0, 0.05) is 32.7 Å². The molecule has 29 heavy (non-hydrogen) atoms. The van der Waals surface area contributed by atoms with E-state index in [1.165, 1.54) is 6.07 Å². The summed E-state index contributed by atoms with van der Waals surface area (Å²) in [6, 6.07) is 10.7. The van der Waals surface area contributed by atoms with Gasteiger partial charge in [-0.2, -0.15) is 0 Å². The van der Waals surface area contributed by atoms with E-state index in [9.17, 15) is 12.8 Å². The van der Waals surface area contributed by atoms with Crippen LogP contribution in [0.5, 0.6) is 0 Å². The Labute approximate surface area is 173 Å². The first kappa shape index (κ1) is 21.7. The monoisotopic (exact) mass is 419 g/mol. The van der Waals surface area contributed by atoms with Crippen LogP contribution in [-0.4, -0.2) is 52.6 Å². The molecule has 0 unspecified atom stereocenters. The SMILES string of the molecule is Cc1cc(C)c(S(=O)(=O)NCCCN2CCN(c3ccccc3F)CC2)c(C)c1. The van der Waals surface area contributed by atoms with E-state index in [1.807, 2.05) is 45.0 Å². The Morgan fingerprint density at radius 2 is 1.62 bits per heavy atom. The number of nitrogens with zero attached hydrogens (tertiary/aromatic N) is 2. The van der Waals surface area contributed by atoms with Crippen LogP contribution in [0.3, 0.4) is 0 Å². The summed E-state index contributed by atoms with van der Waals surface area (Å²) in [5.41, 5.74) is 3.27. The summed E-state index contributed by atoms with van der Waals surface area (Å²) in [5, 5.41) is 0. The van der Waals surface area contributed by atoms with E-state index in [-0.39, 0.29) is 5.82 Å². The van der Waals surface area contributed by atoms with Crippen molar-refractivity contribution in [1.82, 2.24) is 9.62 Å². The molecule has 2 aromatic carbocycles. The second-order valence-electron chi connectivity index (χ2n) is 7.76. The molecule has 0 spiro atoms. The first-order valence-electron chi connectivity index (χ1n) is 10.1. The lowest BCUT2D eigenvalue weighted by molar-refractivity contribution is 0.255. The van der Waals surface area contributed by atoms with Crippen molar-refractivity contribution < 1.29 is 12.8 Å². The number of halogens is 1. The van der Waals surface area contributed by atoms with E-state index in [0.717, 1.165) is 55.8 Å². The Kier molecular flexibility index (Phi) is 6.93. The van der Waals surface area contributed by atoms with E-state index in [4.69, 9.17) is 0 Å². The number of rotatable bonds is 7. The molecule has 158 valence electrons. The maximum atomic E-state index is 13.9. The largest absolute Gasteiger partial charge is 0.367 e. The Morgan fingerprint density at radius 3 is 2.24 bits per heavy atom. The first-order valence-corrected chi connectivity index (χ1v) is 11.6. The molecule has 1 fully saturated rings. The van der Waals surface area contributed by atoms with Gasteiger partial charge in [0.25, 0.3) is 0 Å². The molecule has 5 nitrogen and oxygen atoms in total. The molecule has 0 aliphatic carbocycles. The van der Waals surface area contributed by atoms with Crippen LogP contribution in [0, 0.1) is 26.6 Å². The van der Waals surface area contributed by atoms with Crippen molar-refractivity contribution in [2.75, 3.05) is 44.2 Å². The molecular formula is C22H30FN3O2S. The lowest BCUT2D eigenvalue weighted by Crippen LogP contribution is -2.47. The standard InChI is InChI=1S/C22H30FN3O2S/c1-17-15-18(2)22(19(3)16-17)29(27,28)24-9-6-10-25-11-13-26(14-12-25)21-8-5-4-7-20(21)23/h4-5,7-8,15-16,24H,6,9-14H2,1-3H3. The molecule has 1 saturated heterocycles. The normalized spacial score (nSPS) is 15.7. The maximum Gasteiger partial charge on any atom is 0.241 e. The number of hydrogen-bond acceptors (Lipinski definition) is 4. The maximum absolute atomic E-state index is 13.9. The number of sulfonamides is 1. The van der Waals surface area contributed by atoms with Gasteiger partial charge in [0.1, 0.15) is 5.82 Å². The van der Waals surface area contributed by atoms with E-state index >= 15 is 0 Å². The molecule has 2 aromatic rings. The molecule has 0 radical (unpaired) electrons. The summed E-state index contributed by atoms with van der Waals surface area (Å²) >= 11 is 0. The summed E-state index contributed by atoms with van der Waals surface area (Å²) in [6.45, 7) is 10.1. The molecule has 3 rings (SSSR count). The average molecular weight is 420 g/mol. The topological polar surface area (TPSA) is 52.7 Å². The first-order chi connectivity index (χ1) is 13.8. The summed E-state index contributed by atoms with van der Waals surface area (Å²) < 4.78 is 42.1. The van der Waals surface area contributed by atoms with Crippen LogP contribution < -0.4 is 9.62 Å². The van der Waals surface area contributed by atoms with E-state index in [2.05, 4.69) is 14.5 Å². The third-order valence-corrected chi connectivity index (χ3v) is 7.15. The highest BCUT2D eigenvalue weighted by atomic mass is 32.2. The van der Waals surface area contributed by atoms with Crippen molar-refractivity contribution in [2.24, 2.45) is 0 Å². The summed E-state index contributed by atoms with van der Waals surface area (Å²) in [5.74, 6) is -0.183. The Hall–Kier alpha value is -1.96. The van der Waals surface area contributed by atoms with Crippen molar-refractivity contribution in [2.45, 2.75) is 32.1 Å². The lowest BCUT2D eigenvalue weighted by atomic mass is 10.1. The van der Waals surface area contributed by atoms with Gasteiger partial charge in [0.2, 0.25) is 10.0 Å². The Morgan fingerprint density at radius 1 is 1.00 bits per heavy atom. The predicted molar refractivity (Wildman–Crippen MR) is 116 cm³/mol. The lowest BCUT2D eigenvalue weighted by Gasteiger charge is -2.36. The number of benzene rings is 2. The minimum absolute atomic E-state index is 0.183. The number of nitrogens with one attached hydrogen (secondary N) is 1. The molecule has 0 saturated carbocycles. The van der Waals surface area contributed by atoms with Gasteiger partial charge in [0.15, 0.2) is 0 Å². The summed E-state index contributed by atoms with van der Waals surface area (Å²) in [4.78, 5) is 4.76. The quantitative estimate of drug-likeness (QED) is 0.700. The fourth-order valence-electron chi connectivity index (χ4n) is 4.09. The van der Waals surface area contributed by atoms with Gasteiger partial charge in [-0.05, 0) is 57.0 Å². The zero-order chi connectivity index (χ0) is 21.0. The van der Waals surface area contributed by atoms with Crippen LogP contribution >= 0.6 is 0 Å². The molecule has 1 N–H and O–H groups in total. The molecule has 1 aliphatic heterocycles. The molecule has 0 atom stereocenters. The van der Waals surface area contributed by atoms with Crippen LogP contribution in [0.4, 0.5) is 10.1 Å². The summed E-state index contributed by atoms with van der Waals surface area (Å²) in [6.07, 6.45) is 0.739. The van der Waals surface area contributed by atoms with Crippen LogP contribution in [0.25, 0.3) is 0 Å². The van der Waals surface area contributed by atoms with Crippen molar-refractivity contribution in [3.63, 3.8) is 0 Å². The van der Waals surface area contributed by atoms with Crippen LogP contribution in [-0.2, 0) is 10.0 Å². The van der Waals surface area contributed by atoms with E-state index in [0.29, 0.717) is 17.1 Å². The van der Waals surface area contributed by atoms with Gasteiger partial charge in [0.05, 0.1) is 10.6 Å². The highest BCUT2D eigenvalue weighted by Crippen LogP contribution is 2.22. The van der Waals surface area contributed by atoms with Crippen LogP contribution in [0.2, 0.25) is 0 Å². The van der Waals surface area contributed by atoms with Gasteiger partial charge in [-0.15, -0.1) is 0 Å². The molecule has 0 bridgehead atoms. The highest BCUT2D eigenvalue weighted by molar-refractivity contribution is 7.89. The van der Waals surface area contributed by atoms with Gasteiger partial charge in [-0.25, -0.2) is 17.5 Å². The third-order valence-electron chi connectivity index (χ3n) is 5.38. The Bertz CT molecular complexity index is 931. The van der Waals surface area contributed by atoms with Crippen LogP contribution in [0.1, 0.15) is 23.1 Å². The van der Waals surface area contributed by atoms with Gasteiger partial charge in [-0.3, -0.25) is 4.90 Å². The summed E-state index contributed by atoms with van der Waals surface area (Å²) in [7, 11) is -3.51. The number of hydrogen-bond donors (Lipinski definition) is 1. The van der Waals surface area contributed by atoms with Crippen molar-refractivity contribution in [3.05, 3.63) is 58.9 Å². The minimum Gasteiger partial charge on any atom is -0.367 e. The molecule has 0 amide bonds. The second-order valence-corrected chi connectivity index (χ2v) is 9.46. The molecule has 1 aliphatic rings. The van der Waals surface area contributed by atoms with E-state index < -0.39 is 10.0 Å². The fourth-order valence-corrected chi connectivity index (χ4v) is 5.62. The number of aryl methyl sites for hydroxylation is 3. The van der Waals surface area contributed by atoms with Crippen LogP contribution in [0.15, 0.2) is 41.3 Å². The number of piperazine rings is 1. The molecular weight excluding hydrogens is 389 g/mol. The third kappa shape index (κ3) is 5.35. The predicted octanol–water partition coefficient (Wildman–Crippen LogP) is 3.24. The average Bonchev–Trinajstić information content (AvgIpc) is 2.65. The van der Waals surface area contributed by atoms with Gasteiger partial charge < -0.3 is 4.90 Å². The fraction of sp³-hybridized carbons (Fsp3) is 0.455. The number of para-hydroxylation sites is 1. The van der Waals surface area contributed by atoms with Gasteiger partial charge in [-0.1, -0.05) is 29.8 Å². The highest BCUT2D eigenvalue weighted by Gasteiger charge is 2.21. The smallest absolute Gasteiger partial charge is 0.241 e. The molecule has 7 heteroatoms. The van der Waals surface area contributed by atoms with Crippen molar-refractivity contribution >= 4 is 15.7 Å². The molecule has 1 heterocycles. The van der Waals surface area contributed by atoms with Crippen molar-refractivity contribution in [3.8, 4) is 0 Å². The van der Waals surface area contributed by atoms with E-state index in [1.54, 1.807) is 6.07 Å². The zero-order valence-electron chi connectivity index (χ0n) is 17.4. The van der Waals surface area contributed by atoms with Gasteiger partial charge >= 0.3 is 0 Å². The molecule has 0 aromatic heterocycles. The zero-order valence-corrected chi connectivity index (χ0v) is 18.2. The van der Waals surface area contributed by atoms with Crippen molar-refractivity contribution in [1.29, 1.82) is 0 Å². The second kappa shape index (κ2) is 9.24.